The minimum absolute atomic E-state index is 0.178. The lowest BCUT2D eigenvalue weighted by atomic mass is 9.53. The maximum Gasteiger partial charge on any atom is 0.150 e. The van der Waals surface area contributed by atoms with Crippen LogP contribution in [0.1, 0.15) is 66.4 Å². The lowest BCUT2D eigenvalue weighted by Gasteiger charge is -2.52. The summed E-state index contributed by atoms with van der Waals surface area (Å²) in [6.45, 7) is 2.16. The minimum atomic E-state index is -0.995. The number of hydrogen-bond donors (Lipinski definition) is 2. The lowest BCUT2D eigenvalue weighted by Crippen LogP contribution is -2.50. The molecule has 2 N–H and O–H groups in total. The number of benzene rings is 1. The van der Waals surface area contributed by atoms with Crippen LogP contribution < -0.4 is 0 Å². The van der Waals surface area contributed by atoms with E-state index in [4.69, 9.17) is 6.42 Å². The van der Waals surface area contributed by atoms with E-state index in [2.05, 4.69) is 12.8 Å². The number of aromatic hydroxyl groups is 1. The summed E-state index contributed by atoms with van der Waals surface area (Å²) in [6.07, 6.45) is 12.0. The second-order valence-electron chi connectivity index (χ2n) is 8.14. The van der Waals surface area contributed by atoms with Crippen molar-refractivity contribution in [3.8, 4) is 18.1 Å². The zero-order valence-electron chi connectivity index (χ0n) is 14.1. The number of carbonyl (C=O) groups is 1. The zero-order chi connectivity index (χ0) is 17.1. The van der Waals surface area contributed by atoms with Gasteiger partial charge in [0.05, 0.1) is 0 Å². The van der Waals surface area contributed by atoms with Crippen molar-refractivity contribution in [3.63, 3.8) is 0 Å². The van der Waals surface area contributed by atoms with Gasteiger partial charge in [-0.2, -0.15) is 0 Å². The van der Waals surface area contributed by atoms with Gasteiger partial charge in [-0.15, -0.1) is 6.42 Å². The Labute approximate surface area is 143 Å². The molecular formula is C21H24O3. The molecule has 0 aliphatic heterocycles. The first kappa shape index (κ1) is 15.7. The molecule has 0 aromatic heterocycles. The van der Waals surface area contributed by atoms with Crippen molar-refractivity contribution in [1.82, 2.24) is 0 Å². The molecule has 3 heteroatoms. The van der Waals surface area contributed by atoms with E-state index in [1.165, 1.54) is 0 Å². The zero-order valence-corrected chi connectivity index (χ0v) is 14.1. The van der Waals surface area contributed by atoms with Crippen LogP contribution in [-0.2, 0) is 6.42 Å². The summed E-state index contributed by atoms with van der Waals surface area (Å²) in [5.74, 6) is 4.07. The number of aldehydes is 1. The maximum atomic E-state index is 11.6. The number of aliphatic hydroxyl groups is 1. The molecule has 0 saturated heterocycles. The minimum Gasteiger partial charge on any atom is -0.508 e. The first-order valence-corrected chi connectivity index (χ1v) is 8.94. The molecule has 2 fully saturated rings. The highest BCUT2D eigenvalue weighted by Crippen LogP contribution is 2.64. The van der Waals surface area contributed by atoms with Crippen LogP contribution in [0.25, 0.3) is 0 Å². The molecule has 3 aliphatic rings. The molecule has 2 saturated carbocycles. The molecule has 1 aromatic rings. The molecule has 5 atom stereocenters. The van der Waals surface area contributed by atoms with Gasteiger partial charge < -0.3 is 10.2 Å². The SMILES string of the molecule is C#C[C@]1(O)CC[C@H]2[C@@H]3CCc4cc(O)cc(C=O)c4[C@H]3CCC21C. The van der Waals surface area contributed by atoms with Crippen LogP contribution >= 0.6 is 0 Å². The normalized spacial score (nSPS) is 40.1. The summed E-state index contributed by atoms with van der Waals surface area (Å²) in [5, 5.41) is 20.8. The molecule has 1 unspecified atom stereocenters. The average Bonchev–Trinajstić information content (AvgIpc) is 2.85. The van der Waals surface area contributed by atoms with Gasteiger partial charge in [-0.3, -0.25) is 4.79 Å². The van der Waals surface area contributed by atoms with Gasteiger partial charge in [0.1, 0.15) is 17.6 Å². The van der Waals surface area contributed by atoms with Crippen molar-refractivity contribution >= 4 is 6.29 Å². The van der Waals surface area contributed by atoms with Crippen molar-refractivity contribution in [2.45, 2.75) is 57.0 Å². The lowest BCUT2D eigenvalue weighted by molar-refractivity contribution is -0.0647. The first-order valence-electron chi connectivity index (χ1n) is 8.94. The van der Waals surface area contributed by atoms with Gasteiger partial charge in [0.25, 0.3) is 0 Å². The second kappa shape index (κ2) is 5.10. The maximum absolute atomic E-state index is 11.6. The van der Waals surface area contributed by atoms with Gasteiger partial charge >= 0.3 is 0 Å². The highest BCUT2D eigenvalue weighted by atomic mass is 16.3. The summed E-state index contributed by atoms with van der Waals surface area (Å²) in [7, 11) is 0. The summed E-state index contributed by atoms with van der Waals surface area (Å²) in [5.41, 5.74) is 1.67. The van der Waals surface area contributed by atoms with Crippen LogP contribution in [0.2, 0.25) is 0 Å². The van der Waals surface area contributed by atoms with E-state index >= 15 is 0 Å². The summed E-state index contributed by atoms with van der Waals surface area (Å²) in [6, 6.07) is 3.41. The third-order valence-corrected chi connectivity index (χ3v) is 7.35. The van der Waals surface area contributed by atoms with E-state index in [-0.39, 0.29) is 11.2 Å². The van der Waals surface area contributed by atoms with Crippen molar-refractivity contribution in [3.05, 3.63) is 28.8 Å². The van der Waals surface area contributed by atoms with Crippen molar-refractivity contribution in [2.24, 2.45) is 17.3 Å². The van der Waals surface area contributed by atoms with E-state index < -0.39 is 5.60 Å². The van der Waals surface area contributed by atoms with Crippen molar-refractivity contribution in [2.75, 3.05) is 0 Å². The van der Waals surface area contributed by atoms with E-state index in [9.17, 15) is 15.0 Å². The fourth-order valence-corrected chi connectivity index (χ4v) is 6.10. The van der Waals surface area contributed by atoms with E-state index in [0.29, 0.717) is 29.7 Å². The Balaban J connectivity index is 1.78. The molecule has 0 heterocycles. The Hall–Kier alpha value is -1.79. The smallest absolute Gasteiger partial charge is 0.150 e. The standard InChI is InChI=1S/C21H24O3/c1-3-21(24)9-7-18-16-5-4-13-10-15(23)11-14(12-22)19(13)17(16)6-8-20(18,21)2/h1,10-12,16-18,23-24H,4-9H2,2H3/t16-,17+,18+,20?,21+/m1/s1. The van der Waals surface area contributed by atoms with E-state index in [0.717, 1.165) is 49.5 Å². The third kappa shape index (κ3) is 1.87. The van der Waals surface area contributed by atoms with Gasteiger partial charge in [0.15, 0.2) is 0 Å². The second-order valence-corrected chi connectivity index (χ2v) is 8.14. The molecule has 3 aliphatic carbocycles. The number of phenols is 1. The highest BCUT2D eigenvalue weighted by Gasteiger charge is 2.61. The monoisotopic (exact) mass is 324 g/mol. The Morgan fingerprint density at radius 1 is 1.29 bits per heavy atom. The number of fused-ring (bicyclic) bond motifs is 5. The summed E-state index contributed by atoms with van der Waals surface area (Å²) >= 11 is 0. The van der Waals surface area contributed by atoms with Gasteiger partial charge in [-0.1, -0.05) is 12.8 Å². The molecule has 0 bridgehead atoms. The number of terminal acetylenes is 1. The fraction of sp³-hybridized carbons (Fsp3) is 0.571. The van der Waals surface area contributed by atoms with Gasteiger partial charge in [-0.25, -0.2) is 0 Å². The van der Waals surface area contributed by atoms with E-state index in [1.807, 2.05) is 6.07 Å². The van der Waals surface area contributed by atoms with Gasteiger partial charge in [0, 0.05) is 11.0 Å². The predicted molar refractivity (Wildman–Crippen MR) is 91.9 cm³/mol. The van der Waals surface area contributed by atoms with Crippen molar-refractivity contribution in [1.29, 1.82) is 0 Å². The Morgan fingerprint density at radius 3 is 2.79 bits per heavy atom. The number of phenolic OH excluding ortho intramolecular Hbond substituents is 1. The molecule has 126 valence electrons. The van der Waals surface area contributed by atoms with Gasteiger partial charge in [-0.05, 0) is 79.5 Å². The van der Waals surface area contributed by atoms with Crippen molar-refractivity contribution < 1.29 is 15.0 Å². The summed E-state index contributed by atoms with van der Waals surface area (Å²) in [4.78, 5) is 11.6. The number of rotatable bonds is 1. The predicted octanol–water partition coefficient (Wildman–Crippen LogP) is 3.43. The molecule has 4 rings (SSSR count). The Bertz CT molecular complexity index is 746. The van der Waals surface area contributed by atoms with Crippen LogP contribution in [-0.4, -0.2) is 22.1 Å². The molecule has 3 nitrogen and oxygen atoms in total. The molecule has 24 heavy (non-hydrogen) atoms. The average molecular weight is 324 g/mol. The number of aryl methyl sites for hydroxylation is 1. The third-order valence-electron chi connectivity index (χ3n) is 7.35. The number of carbonyl (C=O) groups excluding carboxylic acids is 1. The Kier molecular flexibility index (Phi) is 3.34. The Morgan fingerprint density at radius 2 is 2.08 bits per heavy atom. The van der Waals surface area contributed by atoms with Crippen LogP contribution in [0, 0.1) is 29.6 Å². The van der Waals surface area contributed by atoms with Crippen LogP contribution in [0.5, 0.6) is 5.75 Å². The van der Waals surface area contributed by atoms with E-state index in [1.54, 1.807) is 6.07 Å². The molecule has 0 spiro atoms. The fourth-order valence-electron chi connectivity index (χ4n) is 6.10. The summed E-state index contributed by atoms with van der Waals surface area (Å²) < 4.78 is 0. The topological polar surface area (TPSA) is 57.5 Å². The molecule has 1 aromatic carbocycles. The number of hydrogen-bond acceptors (Lipinski definition) is 3. The van der Waals surface area contributed by atoms with Gasteiger partial charge in [0.2, 0.25) is 0 Å². The largest absolute Gasteiger partial charge is 0.508 e. The quantitative estimate of drug-likeness (QED) is 0.615. The molecule has 0 amide bonds. The van der Waals surface area contributed by atoms with Crippen LogP contribution in [0.4, 0.5) is 0 Å². The molecular weight excluding hydrogens is 300 g/mol. The van der Waals surface area contributed by atoms with Crippen LogP contribution in [0.15, 0.2) is 12.1 Å². The highest BCUT2D eigenvalue weighted by molar-refractivity contribution is 5.79. The molecule has 0 radical (unpaired) electrons. The van der Waals surface area contributed by atoms with Crippen LogP contribution in [0.3, 0.4) is 0 Å². The first-order chi connectivity index (χ1) is 11.4.